The number of nitrogens with zero attached hydrogens (tertiary/aromatic N) is 5. The van der Waals surface area contributed by atoms with Crippen molar-refractivity contribution < 1.29 is 0 Å². The van der Waals surface area contributed by atoms with Crippen molar-refractivity contribution in [2.75, 3.05) is 20.1 Å². The minimum absolute atomic E-state index is 0.541. The first-order valence-electron chi connectivity index (χ1n) is 10.5. The van der Waals surface area contributed by atoms with Crippen LogP contribution in [0.4, 0.5) is 0 Å². The Hall–Kier alpha value is -2.41. The van der Waals surface area contributed by atoms with Crippen LogP contribution < -0.4 is 10.6 Å². The second-order valence-electron chi connectivity index (χ2n) is 7.70. The number of guanidine groups is 1. The molecule has 0 bridgehead atoms. The number of likely N-dealkylation sites (tertiary alicyclic amines) is 1. The summed E-state index contributed by atoms with van der Waals surface area (Å²) in [5.74, 6) is 2.96. The van der Waals surface area contributed by atoms with E-state index in [1.807, 2.05) is 7.05 Å². The molecule has 0 spiro atoms. The maximum atomic E-state index is 4.39. The first-order valence-corrected chi connectivity index (χ1v) is 10.5. The molecule has 0 saturated carbocycles. The fourth-order valence-corrected chi connectivity index (χ4v) is 4.25. The van der Waals surface area contributed by atoms with E-state index in [-0.39, 0.29) is 0 Å². The average Bonchev–Trinajstić information content (AvgIpc) is 3.36. The first kappa shape index (κ1) is 18.9. The minimum Gasteiger partial charge on any atom is -0.355 e. The summed E-state index contributed by atoms with van der Waals surface area (Å²) in [7, 11) is 1.82. The molecule has 1 fully saturated rings. The van der Waals surface area contributed by atoms with Gasteiger partial charge in [0, 0.05) is 39.1 Å². The van der Waals surface area contributed by atoms with Crippen LogP contribution in [0.3, 0.4) is 0 Å². The second kappa shape index (κ2) is 9.19. The van der Waals surface area contributed by atoms with Crippen LogP contribution in [-0.4, -0.2) is 51.8 Å². The van der Waals surface area contributed by atoms with Gasteiger partial charge in [-0.15, -0.1) is 10.2 Å². The number of hydrogen-bond donors (Lipinski definition) is 2. The molecule has 150 valence electrons. The minimum atomic E-state index is 0.541. The Labute approximate surface area is 167 Å². The van der Waals surface area contributed by atoms with Crippen molar-refractivity contribution in [2.45, 2.75) is 57.8 Å². The number of hydrogen-bond acceptors (Lipinski definition) is 4. The van der Waals surface area contributed by atoms with Crippen LogP contribution in [0.25, 0.3) is 0 Å². The Balaban J connectivity index is 1.27. The van der Waals surface area contributed by atoms with Gasteiger partial charge < -0.3 is 15.2 Å². The number of aromatic nitrogens is 3. The maximum absolute atomic E-state index is 4.39. The van der Waals surface area contributed by atoms with Gasteiger partial charge in [-0.2, -0.15) is 0 Å². The van der Waals surface area contributed by atoms with Crippen molar-refractivity contribution >= 4 is 5.96 Å². The maximum Gasteiger partial charge on any atom is 0.191 e. The molecule has 7 nitrogen and oxygen atoms in total. The summed E-state index contributed by atoms with van der Waals surface area (Å²) in [5.41, 5.74) is 1.38. The van der Waals surface area contributed by atoms with Gasteiger partial charge in [0.15, 0.2) is 11.8 Å². The highest BCUT2D eigenvalue weighted by Crippen LogP contribution is 2.19. The molecule has 1 aromatic carbocycles. The molecule has 1 atom stereocenters. The third kappa shape index (κ3) is 4.52. The lowest BCUT2D eigenvalue weighted by Gasteiger charge is -2.25. The van der Waals surface area contributed by atoms with Gasteiger partial charge in [-0.25, -0.2) is 0 Å². The van der Waals surface area contributed by atoms with Gasteiger partial charge in [0.1, 0.15) is 5.82 Å². The van der Waals surface area contributed by atoms with Crippen molar-refractivity contribution in [1.29, 1.82) is 0 Å². The molecule has 2 aromatic rings. The molecular formula is C21H31N7. The highest BCUT2D eigenvalue weighted by atomic mass is 15.3. The topological polar surface area (TPSA) is 70.4 Å². The summed E-state index contributed by atoms with van der Waals surface area (Å²) in [6.45, 7) is 4.78. The van der Waals surface area contributed by atoms with E-state index in [0.29, 0.717) is 12.6 Å². The van der Waals surface area contributed by atoms with Crippen LogP contribution >= 0.6 is 0 Å². The summed E-state index contributed by atoms with van der Waals surface area (Å²) in [6.07, 6.45) is 5.96. The predicted molar refractivity (Wildman–Crippen MR) is 111 cm³/mol. The van der Waals surface area contributed by atoms with E-state index in [2.05, 4.69) is 65.6 Å². The normalized spacial score (nSPS) is 20.2. The molecule has 0 radical (unpaired) electrons. The molecular weight excluding hydrogens is 350 g/mol. The van der Waals surface area contributed by atoms with Crippen LogP contribution in [0.1, 0.15) is 42.9 Å². The van der Waals surface area contributed by atoms with Crippen LogP contribution in [0.15, 0.2) is 35.3 Å². The molecule has 2 N–H and O–H groups in total. The number of aliphatic imine (C=N–C) groups is 1. The Kier molecular flexibility index (Phi) is 6.21. The van der Waals surface area contributed by atoms with Crippen molar-refractivity contribution in [3.05, 3.63) is 47.5 Å². The highest BCUT2D eigenvalue weighted by molar-refractivity contribution is 5.79. The van der Waals surface area contributed by atoms with Gasteiger partial charge in [0.25, 0.3) is 0 Å². The Morgan fingerprint density at radius 3 is 2.86 bits per heavy atom. The quantitative estimate of drug-likeness (QED) is 0.591. The van der Waals surface area contributed by atoms with E-state index in [4.69, 9.17) is 0 Å². The molecule has 1 unspecified atom stereocenters. The van der Waals surface area contributed by atoms with Gasteiger partial charge in [0.2, 0.25) is 0 Å². The van der Waals surface area contributed by atoms with Gasteiger partial charge >= 0.3 is 0 Å². The summed E-state index contributed by atoms with van der Waals surface area (Å²) < 4.78 is 2.25. The summed E-state index contributed by atoms with van der Waals surface area (Å²) in [4.78, 5) is 6.96. The SMILES string of the molecule is CN=C(NCc1nnc2n1CCCC2)NCC1CCCN1Cc1ccccc1. The third-order valence-corrected chi connectivity index (χ3v) is 5.81. The molecule has 1 aromatic heterocycles. The van der Waals surface area contributed by atoms with Crippen molar-refractivity contribution in [2.24, 2.45) is 4.99 Å². The third-order valence-electron chi connectivity index (χ3n) is 5.81. The lowest BCUT2D eigenvalue weighted by molar-refractivity contribution is 0.245. The molecule has 28 heavy (non-hydrogen) atoms. The first-order chi connectivity index (χ1) is 13.8. The highest BCUT2D eigenvalue weighted by Gasteiger charge is 2.24. The largest absolute Gasteiger partial charge is 0.355 e. The second-order valence-corrected chi connectivity index (χ2v) is 7.70. The van der Waals surface area contributed by atoms with Gasteiger partial charge in [0.05, 0.1) is 6.54 Å². The number of benzene rings is 1. The smallest absolute Gasteiger partial charge is 0.191 e. The number of aryl methyl sites for hydroxylation is 1. The lowest BCUT2D eigenvalue weighted by Crippen LogP contribution is -2.44. The summed E-state index contributed by atoms with van der Waals surface area (Å²) in [6, 6.07) is 11.3. The summed E-state index contributed by atoms with van der Waals surface area (Å²) >= 11 is 0. The number of rotatable bonds is 6. The van der Waals surface area contributed by atoms with E-state index in [9.17, 15) is 0 Å². The molecule has 3 heterocycles. The van der Waals surface area contributed by atoms with Crippen LogP contribution in [0, 0.1) is 0 Å². The zero-order valence-corrected chi connectivity index (χ0v) is 16.8. The van der Waals surface area contributed by atoms with E-state index in [1.54, 1.807) is 0 Å². The average molecular weight is 382 g/mol. The molecule has 4 rings (SSSR count). The van der Waals surface area contributed by atoms with E-state index in [0.717, 1.165) is 43.7 Å². The molecule has 1 saturated heterocycles. The molecule has 2 aliphatic heterocycles. The van der Waals surface area contributed by atoms with Crippen molar-refractivity contribution in [3.8, 4) is 0 Å². The Bertz CT molecular complexity index is 783. The Morgan fingerprint density at radius 1 is 1.11 bits per heavy atom. The van der Waals surface area contributed by atoms with Crippen LogP contribution in [-0.2, 0) is 26.1 Å². The molecule has 7 heteroatoms. The lowest BCUT2D eigenvalue weighted by atomic mass is 10.2. The fraction of sp³-hybridized carbons (Fsp3) is 0.571. The van der Waals surface area contributed by atoms with Crippen LogP contribution in [0.2, 0.25) is 0 Å². The number of nitrogens with one attached hydrogen (secondary N) is 2. The summed E-state index contributed by atoms with van der Waals surface area (Å²) in [5, 5.41) is 15.6. The van der Waals surface area contributed by atoms with Crippen LogP contribution in [0.5, 0.6) is 0 Å². The molecule has 0 aliphatic carbocycles. The molecule has 2 aliphatic rings. The zero-order valence-electron chi connectivity index (χ0n) is 16.8. The van der Waals surface area contributed by atoms with Gasteiger partial charge in [-0.3, -0.25) is 9.89 Å². The number of fused-ring (bicyclic) bond motifs is 1. The Morgan fingerprint density at radius 2 is 2.00 bits per heavy atom. The van der Waals surface area contributed by atoms with Gasteiger partial charge in [-0.05, 0) is 37.8 Å². The molecule has 0 amide bonds. The standard InChI is InChI=1S/C21H31N7/c1-22-21(24-15-20-26-25-19-11-5-6-13-28(19)20)23-14-18-10-7-12-27(18)16-17-8-3-2-4-9-17/h2-4,8-9,18H,5-7,10-16H2,1H3,(H2,22,23,24). The fourth-order valence-electron chi connectivity index (χ4n) is 4.25. The van der Waals surface area contributed by atoms with E-state index in [1.165, 1.54) is 37.8 Å². The zero-order chi connectivity index (χ0) is 19.2. The monoisotopic (exact) mass is 381 g/mol. The van der Waals surface area contributed by atoms with Crippen molar-refractivity contribution in [3.63, 3.8) is 0 Å². The van der Waals surface area contributed by atoms with E-state index >= 15 is 0 Å². The van der Waals surface area contributed by atoms with Crippen molar-refractivity contribution in [1.82, 2.24) is 30.3 Å². The van der Waals surface area contributed by atoms with E-state index < -0.39 is 0 Å². The van der Waals surface area contributed by atoms with Gasteiger partial charge in [-0.1, -0.05) is 30.3 Å². The predicted octanol–water partition coefficient (Wildman–Crippen LogP) is 1.94.